The van der Waals surface area contributed by atoms with Gasteiger partial charge in [-0.15, -0.1) is 22.7 Å². The van der Waals surface area contributed by atoms with E-state index in [1.54, 1.807) is 7.11 Å². The molecule has 4 aromatic rings. The number of halogens is 1. The van der Waals surface area contributed by atoms with Crippen LogP contribution in [0.3, 0.4) is 0 Å². The van der Waals surface area contributed by atoms with E-state index in [0.717, 1.165) is 30.1 Å². The Morgan fingerprint density at radius 3 is 2.88 bits per heavy atom. The van der Waals surface area contributed by atoms with Crippen molar-refractivity contribution in [3.63, 3.8) is 0 Å². The van der Waals surface area contributed by atoms with E-state index >= 15 is 0 Å². The minimum atomic E-state index is -0.149. The molecular formula is C17H12ClN3O2S3. The molecule has 0 saturated heterocycles. The number of benzene rings is 1. The largest absolute Gasteiger partial charge is 0.494 e. The average Bonchev–Trinajstić information content (AvgIpc) is 3.33. The molecule has 0 bridgehead atoms. The molecule has 3 heterocycles. The van der Waals surface area contributed by atoms with Crippen molar-refractivity contribution >= 4 is 66.9 Å². The van der Waals surface area contributed by atoms with Crippen molar-refractivity contribution in [1.29, 1.82) is 0 Å². The third-order valence-electron chi connectivity index (χ3n) is 3.53. The monoisotopic (exact) mass is 421 g/mol. The zero-order valence-corrected chi connectivity index (χ0v) is 16.7. The van der Waals surface area contributed by atoms with Gasteiger partial charge in [-0.25, -0.2) is 9.97 Å². The first-order chi connectivity index (χ1) is 12.6. The number of nitrogens with zero attached hydrogens (tertiary/aromatic N) is 2. The van der Waals surface area contributed by atoms with Gasteiger partial charge in [0.15, 0.2) is 5.13 Å². The molecule has 3 aromatic heterocycles. The van der Waals surface area contributed by atoms with Crippen LogP contribution in [0.5, 0.6) is 5.75 Å². The molecule has 1 aromatic carbocycles. The number of thiazole rings is 2. The normalized spacial score (nSPS) is 11.0. The third-order valence-corrected chi connectivity index (χ3v) is 6.75. The second-order valence-corrected chi connectivity index (χ2v) is 8.90. The number of hydrogen-bond donors (Lipinski definition) is 1. The molecule has 0 unspecified atom stereocenters. The van der Waals surface area contributed by atoms with Gasteiger partial charge in [-0.3, -0.25) is 4.79 Å². The Balaban J connectivity index is 1.47. The molecule has 0 aliphatic carbocycles. The first-order valence-electron chi connectivity index (χ1n) is 7.56. The standard InChI is InChI=1S/C17H12ClN3O2S3/c1-23-10-3-2-4-11-15(10)21-17(26-11)20-14(22)7-9-8-24-16(19-9)12-5-6-13(18)25-12/h2-6,8H,7H2,1H3,(H,20,21,22). The second kappa shape index (κ2) is 7.32. The lowest BCUT2D eigenvalue weighted by molar-refractivity contribution is -0.115. The summed E-state index contributed by atoms with van der Waals surface area (Å²) in [5.41, 5.74) is 1.48. The molecule has 5 nitrogen and oxygen atoms in total. The van der Waals surface area contributed by atoms with E-state index in [1.807, 2.05) is 35.7 Å². The van der Waals surface area contributed by atoms with Gasteiger partial charge in [0.05, 0.1) is 33.1 Å². The van der Waals surface area contributed by atoms with E-state index in [2.05, 4.69) is 15.3 Å². The van der Waals surface area contributed by atoms with E-state index < -0.39 is 0 Å². The summed E-state index contributed by atoms with van der Waals surface area (Å²) >= 11 is 10.4. The highest BCUT2D eigenvalue weighted by Crippen LogP contribution is 2.34. The summed E-state index contributed by atoms with van der Waals surface area (Å²) in [6, 6.07) is 9.48. The van der Waals surface area contributed by atoms with Crippen LogP contribution in [0.2, 0.25) is 4.34 Å². The number of nitrogens with one attached hydrogen (secondary N) is 1. The molecule has 26 heavy (non-hydrogen) atoms. The Hall–Kier alpha value is -2.00. The molecule has 0 fully saturated rings. The number of methoxy groups -OCH3 is 1. The zero-order chi connectivity index (χ0) is 18.1. The molecule has 0 aliphatic heterocycles. The highest BCUT2D eigenvalue weighted by Gasteiger charge is 2.14. The lowest BCUT2D eigenvalue weighted by Crippen LogP contribution is -2.14. The maximum Gasteiger partial charge on any atom is 0.232 e. The second-order valence-electron chi connectivity index (χ2n) is 5.30. The summed E-state index contributed by atoms with van der Waals surface area (Å²) in [6.45, 7) is 0. The smallest absolute Gasteiger partial charge is 0.232 e. The minimum Gasteiger partial charge on any atom is -0.494 e. The number of carbonyl (C=O) groups excluding carboxylic acids is 1. The van der Waals surface area contributed by atoms with Crippen LogP contribution in [0.4, 0.5) is 5.13 Å². The number of fused-ring (bicyclic) bond motifs is 1. The van der Waals surface area contributed by atoms with Gasteiger partial charge in [0.25, 0.3) is 0 Å². The van der Waals surface area contributed by atoms with Crippen LogP contribution in [0, 0.1) is 0 Å². The highest BCUT2D eigenvalue weighted by molar-refractivity contribution is 7.23. The minimum absolute atomic E-state index is 0.149. The van der Waals surface area contributed by atoms with Crippen molar-refractivity contribution in [2.45, 2.75) is 6.42 Å². The number of amides is 1. The quantitative estimate of drug-likeness (QED) is 0.473. The van der Waals surface area contributed by atoms with E-state index in [4.69, 9.17) is 16.3 Å². The maximum absolute atomic E-state index is 12.3. The van der Waals surface area contributed by atoms with Crippen molar-refractivity contribution in [2.75, 3.05) is 12.4 Å². The number of para-hydroxylation sites is 1. The summed E-state index contributed by atoms with van der Waals surface area (Å²) in [6.07, 6.45) is 0.197. The van der Waals surface area contributed by atoms with Crippen LogP contribution in [0.25, 0.3) is 20.1 Å². The predicted molar refractivity (Wildman–Crippen MR) is 109 cm³/mol. The number of rotatable bonds is 5. The van der Waals surface area contributed by atoms with Crippen molar-refractivity contribution in [3.8, 4) is 15.6 Å². The summed E-state index contributed by atoms with van der Waals surface area (Å²) in [7, 11) is 1.60. The highest BCUT2D eigenvalue weighted by atomic mass is 35.5. The van der Waals surface area contributed by atoms with Crippen LogP contribution in [0.1, 0.15) is 5.69 Å². The molecule has 4 rings (SSSR count). The van der Waals surface area contributed by atoms with E-state index in [9.17, 15) is 4.79 Å². The fourth-order valence-electron chi connectivity index (χ4n) is 2.40. The molecule has 0 radical (unpaired) electrons. The molecule has 0 spiro atoms. The van der Waals surface area contributed by atoms with Crippen LogP contribution in [0.15, 0.2) is 35.7 Å². The lowest BCUT2D eigenvalue weighted by atomic mass is 10.3. The molecule has 1 amide bonds. The van der Waals surface area contributed by atoms with Gasteiger partial charge < -0.3 is 10.1 Å². The molecule has 9 heteroatoms. The fourth-order valence-corrected chi connectivity index (χ4v) is 5.23. The van der Waals surface area contributed by atoms with Gasteiger partial charge in [0.2, 0.25) is 5.91 Å². The fraction of sp³-hybridized carbons (Fsp3) is 0.118. The first-order valence-corrected chi connectivity index (χ1v) is 10.4. The van der Waals surface area contributed by atoms with Crippen LogP contribution < -0.4 is 10.1 Å². The number of thiophene rings is 1. The van der Waals surface area contributed by atoms with Crippen LogP contribution >= 0.6 is 45.6 Å². The average molecular weight is 422 g/mol. The molecular weight excluding hydrogens is 410 g/mol. The van der Waals surface area contributed by atoms with Gasteiger partial charge in [-0.1, -0.05) is 29.0 Å². The molecule has 132 valence electrons. The zero-order valence-electron chi connectivity index (χ0n) is 13.5. The maximum atomic E-state index is 12.3. The van der Waals surface area contributed by atoms with Crippen molar-refractivity contribution < 1.29 is 9.53 Å². The SMILES string of the molecule is COc1cccc2sc(NC(=O)Cc3csc(-c4ccc(Cl)s4)n3)nc12. The Morgan fingerprint density at radius 2 is 2.12 bits per heavy atom. The van der Waals surface area contributed by atoms with Crippen LogP contribution in [-0.2, 0) is 11.2 Å². The predicted octanol–water partition coefficient (Wildman–Crippen LogP) is 5.32. The first kappa shape index (κ1) is 17.4. The van der Waals surface area contributed by atoms with Crippen molar-refractivity contribution in [3.05, 3.63) is 45.7 Å². The number of hydrogen-bond acceptors (Lipinski definition) is 7. The van der Waals surface area contributed by atoms with E-state index in [1.165, 1.54) is 34.0 Å². The topological polar surface area (TPSA) is 64.1 Å². The summed E-state index contributed by atoms with van der Waals surface area (Å²) in [5.74, 6) is 0.544. The number of anilines is 1. The number of ether oxygens (including phenoxy) is 1. The summed E-state index contributed by atoms with van der Waals surface area (Å²) < 4.78 is 6.99. The van der Waals surface area contributed by atoms with E-state index in [0.29, 0.717) is 10.9 Å². The van der Waals surface area contributed by atoms with Gasteiger partial charge in [0, 0.05) is 5.38 Å². The third kappa shape index (κ3) is 3.59. The molecule has 0 aliphatic rings. The molecule has 0 saturated carbocycles. The Labute approximate surface area is 166 Å². The van der Waals surface area contributed by atoms with Gasteiger partial charge in [-0.2, -0.15) is 0 Å². The summed E-state index contributed by atoms with van der Waals surface area (Å²) in [5, 5.41) is 6.16. The van der Waals surface area contributed by atoms with Crippen molar-refractivity contribution in [1.82, 2.24) is 9.97 Å². The van der Waals surface area contributed by atoms with Crippen molar-refractivity contribution in [2.24, 2.45) is 0 Å². The molecule has 0 atom stereocenters. The van der Waals surface area contributed by atoms with Gasteiger partial charge >= 0.3 is 0 Å². The number of carbonyl (C=O) groups is 1. The Morgan fingerprint density at radius 1 is 1.23 bits per heavy atom. The van der Waals surface area contributed by atoms with Crippen LogP contribution in [-0.4, -0.2) is 23.0 Å². The number of aromatic nitrogens is 2. The van der Waals surface area contributed by atoms with Gasteiger partial charge in [-0.05, 0) is 24.3 Å². The Kier molecular flexibility index (Phi) is 4.90. The lowest BCUT2D eigenvalue weighted by Gasteiger charge is -1.99. The van der Waals surface area contributed by atoms with Gasteiger partial charge in [0.1, 0.15) is 16.3 Å². The molecule has 1 N–H and O–H groups in total. The Bertz CT molecular complexity index is 1090. The summed E-state index contributed by atoms with van der Waals surface area (Å²) in [4.78, 5) is 22.3. The van der Waals surface area contributed by atoms with E-state index in [-0.39, 0.29) is 12.3 Å².